The van der Waals surface area contributed by atoms with Crippen LogP contribution in [0.2, 0.25) is 0 Å². The lowest BCUT2D eigenvalue weighted by Gasteiger charge is -2.09. The molecule has 19 heavy (non-hydrogen) atoms. The molecule has 1 aromatic rings. The minimum Gasteiger partial charge on any atom is -0.490 e. The minimum absolute atomic E-state index is 0.252. The lowest BCUT2D eigenvalue weighted by Crippen LogP contribution is -2.15. The third-order valence-electron chi connectivity index (χ3n) is 3.06. The maximum absolute atomic E-state index is 13.8. The zero-order valence-corrected chi connectivity index (χ0v) is 12.3. The lowest BCUT2D eigenvalue weighted by molar-refractivity contribution is 0.302. The van der Waals surface area contributed by atoms with Crippen LogP contribution in [0.5, 0.6) is 5.75 Å². The molecule has 1 aromatic carbocycles. The Morgan fingerprint density at radius 1 is 1.42 bits per heavy atom. The van der Waals surface area contributed by atoms with E-state index in [-0.39, 0.29) is 5.82 Å². The molecule has 1 aliphatic carbocycles. The summed E-state index contributed by atoms with van der Waals surface area (Å²) in [5.74, 6) is 2.31. The SMILES string of the molecule is CCSCCCOc1ccc(CNC2CC2)cc1F. The number of halogens is 1. The number of ether oxygens (including phenoxy) is 1. The van der Waals surface area contributed by atoms with Crippen molar-refractivity contribution in [3.05, 3.63) is 29.6 Å². The number of hydrogen-bond donors (Lipinski definition) is 1. The quantitative estimate of drug-likeness (QED) is 0.700. The van der Waals surface area contributed by atoms with Gasteiger partial charge in [0, 0.05) is 12.6 Å². The Hall–Kier alpha value is -0.740. The van der Waals surface area contributed by atoms with Gasteiger partial charge < -0.3 is 10.1 Å². The molecule has 0 amide bonds. The summed E-state index contributed by atoms with van der Waals surface area (Å²) in [6, 6.07) is 5.90. The van der Waals surface area contributed by atoms with Crippen LogP contribution >= 0.6 is 11.8 Å². The first-order valence-electron chi connectivity index (χ1n) is 7.02. The highest BCUT2D eigenvalue weighted by atomic mass is 32.2. The fraction of sp³-hybridized carbons (Fsp3) is 0.600. The van der Waals surface area contributed by atoms with E-state index >= 15 is 0 Å². The van der Waals surface area contributed by atoms with Gasteiger partial charge in [0.25, 0.3) is 0 Å². The third kappa shape index (κ3) is 5.41. The highest BCUT2D eigenvalue weighted by molar-refractivity contribution is 7.99. The van der Waals surface area contributed by atoms with Crippen molar-refractivity contribution in [2.24, 2.45) is 0 Å². The van der Waals surface area contributed by atoms with Gasteiger partial charge in [-0.25, -0.2) is 4.39 Å². The molecule has 106 valence electrons. The molecule has 0 radical (unpaired) electrons. The summed E-state index contributed by atoms with van der Waals surface area (Å²) in [5, 5.41) is 3.38. The van der Waals surface area contributed by atoms with Gasteiger partial charge in [-0.3, -0.25) is 0 Å². The molecule has 0 heterocycles. The molecule has 1 saturated carbocycles. The number of hydrogen-bond acceptors (Lipinski definition) is 3. The number of thioether (sulfide) groups is 1. The van der Waals surface area contributed by atoms with Gasteiger partial charge >= 0.3 is 0 Å². The van der Waals surface area contributed by atoms with E-state index in [1.165, 1.54) is 12.8 Å². The van der Waals surface area contributed by atoms with E-state index in [4.69, 9.17) is 4.74 Å². The molecule has 0 saturated heterocycles. The van der Waals surface area contributed by atoms with E-state index < -0.39 is 0 Å². The summed E-state index contributed by atoms with van der Waals surface area (Å²) in [7, 11) is 0. The van der Waals surface area contributed by atoms with Crippen LogP contribution < -0.4 is 10.1 Å². The summed E-state index contributed by atoms with van der Waals surface area (Å²) in [5.41, 5.74) is 0.985. The van der Waals surface area contributed by atoms with E-state index in [0.29, 0.717) is 18.4 Å². The molecule has 2 nitrogen and oxygen atoms in total. The Morgan fingerprint density at radius 2 is 2.26 bits per heavy atom. The predicted octanol–water partition coefficient (Wildman–Crippen LogP) is 3.60. The van der Waals surface area contributed by atoms with Crippen molar-refractivity contribution in [2.45, 2.75) is 38.8 Å². The van der Waals surface area contributed by atoms with Crippen molar-refractivity contribution in [2.75, 3.05) is 18.1 Å². The third-order valence-corrected chi connectivity index (χ3v) is 4.05. The Morgan fingerprint density at radius 3 is 2.95 bits per heavy atom. The molecule has 2 rings (SSSR count). The maximum Gasteiger partial charge on any atom is 0.165 e. The fourth-order valence-corrected chi connectivity index (χ4v) is 2.42. The van der Waals surface area contributed by atoms with Crippen LogP contribution in [0.15, 0.2) is 18.2 Å². The van der Waals surface area contributed by atoms with Crippen molar-refractivity contribution in [3.8, 4) is 5.75 Å². The smallest absolute Gasteiger partial charge is 0.165 e. The van der Waals surface area contributed by atoms with E-state index in [1.54, 1.807) is 12.1 Å². The van der Waals surface area contributed by atoms with E-state index in [2.05, 4.69) is 12.2 Å². The maximum atomic E-state index is 13.8. The van der Waals surface area contributed by atoms with E-state index in [1.807, 2.05) is 17.8 Å². The zero-order chi connectivity index (χ0) is 13.5. The lowest BCUT2D eigenvalue weighted by atomic mass is 10.2. The average Bonchev–Trinajstić information content (AvgIpc) is 3.22. The molecule has 1 aliphatic rings. The van der Waals surface area contributed by atoms with Crippen molar-refractivity contribution in [3.63, 3.8) is 0 Å². The first-order chi connectivity index (χ1) is 9.29. The van der Waals surface area contributed by atoms with Crippen LogP contribution in [-0.4, -0.2) is 24.2 Å². The van der Waals surface area contributed by atoms with Gasteiger partial charge in [-0.15, -0.1) is 0 Å². The molecule has 0 atom stereocenters. The fourth-order valence-electron chi connectivity index (χ4n) is 1.81. The van der Waals surface area contributed by atoms with Crippen molar-refractivity contribution in [1.29, 1.82) is 0 Å². The molecule has 1 fully saturated rings. The van der Waals surface area contributed by atoms with Crippen LogP contribution in [0, 0.1) is 5.82 Å². The topological polar surface area (TPSA) is 21.3 Å². The number of benzene rings is 1. The van der Waals surface area contributed by atoms with Gasteiger partial charge in [-0.1, -0.05) is 13.0 Å². The van der Waals surface area contributed by atoms with Gasteiger partial charge in [0.15, 0.2) is 11.6 Å². The van der Waals surface area contributed by atoms with Crippen LogP contribution in [0.4, 0.5) is 4.39 Å². The Labute approximate surface area is 119 Å². The Kier molecular flexibility index (Phi) is 5.98. The summed E-state index contributed by atoms with van der Waals surface area (Å²) < 4.78 is 19.3. The second kappa shape index (κ2) is 7.75. The van der Waals surface area contributed by atoms with Crippen LogP contribution in [0.25, 0.3) is 0 Å². The first-order valence-corrected chi connectivity index (χ1v) is 8.17. The second-order valence-electron chi connectivity index (χ2n) is 4.82. The minimum atomic E-state index is -0.252. The zero-order valence-electron chi connectivity index (χ0n) is 11.5. The van der Waals surface area contributed by atoms with Crippen LogP contribution in [0.3, 0.4) is 0 Å². The molecular weight excluding hydrogens is 261 g/mol. The average molecular weight is 283 g/mol. The highest BCUT2D eigenvalue weighted by Gasteiger charge is 2.20. The molecule has 0 aromatic heterocycles. The summed E-state index contributed by atoms with van der Waals surface area (Å²) in [6.07, 6.45) is 3.46. The van der Waals surface area contributed by atoms with Crippen LogP contribution in [-0.2, 0) is 6.54 Å². The molecule has 1 N–H and O–H groups in total. The number of nitrogens with one attached hydrogen (secondary N) is 1. The van der Waals surface area contributed by atoms with Crippen molar-refractivity contribution >= 4 is 11.8 Å². The summed E-state index contributed by atoms with van der Waals surface area (Å²) in [6.45, 7) is 3.47. The largest absolute Gasteiger partial charge is 0.490 e. The molecule has 4 heteroatoms. The summed E-state index contributed by atoms with van der Waals surface area (Å²) in [4.78, 5) is 0. The number of rotatable bonds is 9. The summed E-state index contributed by atoms with van der Waals surface area (Å²) >= 11 is 1.88. The van der Waals surface area contributed by atoms with E-state index in [0.717, 1.165) is 30.0 Å². The molecule has 0 unspecified atom stereocenters. The Bertz CT molecular complexity index is 396. The molecular formula is C15H22FNOS. The van der Waals surface area contributed by atoms with E-state index in [9.17, 15) is 4.39 Å². The second-order valence-corrected chi connectivity index (χ2v) is 6.21. The van der Waals surface area contributed by atoms with Gasteiger partial charge in [-0.05, 0) is 48.5 Å². The Balaban J connectivity index is 1.73. The molecule has 0 aliphatic heterocycles. The first kappa shape index (κ1) is 14.7. The highest BCUT2D eigenvalue weighted by Crippen LogP contribution is 2.21. The van der Waals surface area contributed by atoms with Gasteiger partial charge in [0.05, 0.1) is 6.61 Å². The van der Waals surface area contributed by atoms with Crippen LogP contribution in [0.1, 0.15) is 31.7 Å². The van der Waals surface area contributed by atoms with Crippen molar-refractivity contribution < 1.29 is 9.13 Å². The molecule has 0 bridgehead atoms. The van der Waals surface area contributed by atoms with Gasteiger partial charge in [-0.2, -0.15) is 11.8 Å². The molecule has 0 spiro atoms. The monoisotopic (exact) mass is 283 g/mol. The standard InChI is InChI=1S/C15H22FNOS/c1-2-19-9-3-8-18-15-7-4-12(10-14(15)16)11-17-13-5-6-13/h4,7,10,13,17H,2-3,5-6,8-9,11H2,1H3. The van der Waals surface area contributed by atoms with Gasteiger partial charge in [0.2, 0.25) is 0 Å². The normalized spacial score (nSPS) is 14.6. The predicted molar refractivity (Wildman–Crippen MR) is 79.4 cm³/mol. The van der Waals surface area contributed by atoms with Gasteiger partial charge in [0.1, 0.15) is 0 Å². The van der Waals surface area contributed by atoms with Crippen molar-refractivity contribution in [1.82, 2.24) is 5.32 Å².